The van der Waals surface area contributed by atoms with Crippen LogP contribution in [0.4, 0.5) is 5.82 Å². The Morgan fingerprint density at radius 3 is 2.88 bits per heavy atom. The van der Waals surface area contributed by atoms with Gasteiger partial charge in [-0.05, 0) is 12.8 Å². The quantitative estimate of drug-likeness (QED) is 0.843. The van der Waals surface area contributed by atoms with Crippen molar-refractivity contribution in [3.8, 4) is 0 Å². The summed E-state index contributed by atoms with van der Waals surface area (Å²) in [5, 5.41) is 3.05. The molecule has 0 radical (unpaired) electrons. The SMILES string of the molecule is CN(CC(=O)NC1CCCC1)c1cnccn1. The van der Waals surface area contributed by atoms with E-state index in [0.717, 1.165) is 12.8 Å². The molecule has 0 aromatic carbocycles. The second-order valence-electron chi connectivity index (χ2n) is 4.47. The summed E-state index contributed by atoms with van der Waals surface area (Å²) >= 11 is 0. The molecule has 2 rings (SSSR count). The van der Waals surface area contributed by atoms with E-state index in [1.165, 1.54) is 12.8 Å². The van der Waals surface area contributed by atoms with E-state index in [1.54, 1.807) is 23.5 Å². The number of hydrogen-bond donors (Lipinski definition) is 1. The molecule has 1 N–H and O–H groups in total. The Labute approximate surface area is 101 Å². The van der Waals surface area contributed by atoms with Crippen LogP contribution in [0.3, 0.4) is 0 Å². The molecule has 1 aliphatic rings. The van der Waals surface area contributed by atoms with Gasteiger partial charge in [0, 0.05) is 25.5 Å². The first-order valence-corrected chi connectivity index (χ1v) is 6.02. The average molecular weight is 234 g/mol. The van der Waals surface area contributed by atoms with E-state index in [-0.39, 0.29) is 5.91 Å². The van der Waals surface area contributed by atoms with Crippen molar-refractivity contribution in [1.82, 2.24) is 15.3 Å². The molecule has 1 fully saturated rings. The molecule has 17 heavy (non-hydrogen) atoms. The van der Waals surface area contributed by atoms with Crippen molar-refractivity contribution in [1.29, 1.82) is 0 Å². The van der Waals surface area contributed by atoms with Crippen LogP contribution in [0.1, 0.15) is 25.7 Å². The molecule has 92 valence electrons. The van der Waals surface area contributed by atoms with Gasteiger partial charge < -0.3 is 10.2 Å². The normalized spacial score (nSPS) is 15.8. The van der Waals surface area contributed by atoms with E-state index >= 15 is 0 Å². The molecule has 1 aromatic rings. The highest BCUT2D eigenvalue weighted by molar-refractivity contribution is 5.81. The highest BCUT2D eigenvalue weighted by Gasteiger charge is 2.17. The monoisotopic (exact) mass is 234 g/mol. The number of hydrogen-bond acceptors (Lipinski definition) is 4. The van der Waals surface area contributed by atoms with Gasteiger partial charge in [0.25, 0.3) is 0 Å². The lowest BCUT2D eigenvalue weighted by Gasteiger charge is -2.19. The second-order valence-corrected chi connectivity index (χ2v) is 4.47. The van der Waals surface area contributed by atoms with Crippen molar-refractivity contribution in [2.75, 3.05) is 18.5 Å². The van der Waals surface area contributed by atoms with Crippen LogP contribution in [-0.2, 0) is 4.79 Å². The molecule has 0 atom stereocenters. The topological polar surface area (TPSA) is 58.1 Å². The Morgan fingerprint density at radius 1 is 1.47 bits per heavy atom. The molecule has 1 aromatic heterocycles. The second kappa shape index (κ2) is 5.61. The first-order valence-electron chi connectivity index (χ1n) is 6.02. The van der Waals surface area contributed by atoms with E-state index in [0.29, 0.717) is 18.4 Å². The molecular weight excluding hydrogens is 216 g/mol. The number of amides is 1. The van der Waals surface area contributed by atoms with E-state index in [4.69, 9.17) is 0 Å². The van der Waals surface area contributed by atoms with Crippen molar-refractivity contribution >= 4 is 11.7 Å². The van der Waals surface area contributed by atoms with Gasteiger partial charge in [0.1, 0.15) is 5.82 Å². The molecule has 0 aliphatic heterocycles. The summed E-state index contributed by atoms with van der Waals surface area (Å²) < 4.78 is 0. The van der Waals surface area contributed by atoms with Crippen LogP contribution in [0.25, 0.3) is 0 Å². The third-order valence-corrected chi connectivity index (χ3v) is 3.04. The molecule has 1 aliphatic carbocycles. The molecule has 0 bridgehead atoms. The molecule has 5 heteroatoms. The molecule has 0 saturated heterocycles. The third-order valence-electron chi connectivity index (χ3n) is 3.04. The minimum atomic E-state index is 0.0602. The van der Waals surface area contributed by atoms with Crippen molar-refractivity contribution in [3.63, 3.8) is 0 Å². The summed E-state index contributed by atoms with van der Waals surface area (Å²) in [4.78, 5) is 21.7. The highest BCUT2D eigenvalue weighted by Crippen LogP contribution is 2.17. The van der Waals surface area contributed by atoms with Crippen LogP contribution in [0.15, 0.2) is 18.6 Å². The number of carbonyl (C=O) groups is 1. The van der Waals surface area contributed by atoms with Gasteiger partial charge in [-0.1, -0.05) is 12.8 Å². The number of nitrogens with one attached hydrogen (secondary N) is 1. The summed E-state index contributed by atoms with van der Waals surface area (Å²) in [5.74, 6) is 0.777. The fraction of sp³-hybridized carbons (Fsp3) is 0.583. The number of likely N-dealkylation sites (N-methyl/N-ethyl adjacent to an activating group) is 1. The lowest BCUT2D eigenvalue weighted by molar-refractivity contribution is -0.120. The van der Waals surface area contributed by atoms with Crippen molar-refractivity contribution in [2.24, 2.45) is 0 Å². The summed E-state index contributed by atoms with van der Waals surface area (Å²) in [6, 6.07) is 0.373. The Morgan fingerprint density at radius 2 is 2.24 bits per heavy atom. The lowest BCUT2D eigenvalue weighted by atomic mass is 10.2. The Hall–Kier alpha value is -1.65. The summed E-state index contributed by atoms with van der Waals surface area (Å²) in [6.07, 6.45) is 9.58. The number of carbonyl (C=O) groups excluding carboxylic acids is 1. The number of anilines is 1. The molecule has 1 amide bonds. The van der Waals surface area contributed by atoms with E-state index in [1.807, 2.05) is 7.05 Å². The highest BCUT2D eigenvalue weighted by atomic mass is 16.2. The van der Waals surface area contributed by atoms with Crippen molar-refractivity contribution in [3.05, 3.63) is 18.6 Å². The largest absolute Gasteiger partial charge is 0.352 e. The number of aromatic nitrogens is 2. The van der Waals surface area contributed by atoms with Crippen LogP contribution in [-0.4, -0.2) is 35.5 Å². The Bertz CT molecular complexity index is 362. The third kappa shape index (κ3) is 3.41. The maximum absolute atomic E-state index is 11.8. The average Bonchev–Trinajstić information content (AvgIpc) is 2.82. The van der Waals surface area contributed by atoms with Crippen molar-refractivity contribution < 1.29 is 4.79 Å². The Kier molecular flexibility index (Phi) is 3.90. The fourth-order valence-electron chi connectivity index (χ4n) is 2.13. The van der Waals surface area contributed by atoms with Gasteiger partial charge in [0.15, 0.2) is 0 Å². The van der Waals surface area contributed by atoms with Crippen LogP contribution >= 0.6 is 0 Å². The molecule has 0 spiro atoms. The lowest BCUT2D eigenvalue weighted by Crippen LogP contribution is -2.40. The van der Waals surface area contributed by atoms with E-state index < -0.39 is 0 Å². The van der Waals surface area contributed by atoms with Crippen LogP contribution < -0.4 is 10.2 Å². The van der Waals surface area contributed by atoms with Crippen LogP contribution in [0, 0.1) is 0 Å². The number of rotatable bonds is 4. The predicted molar refractivity (Wildman–Crippen MR) is 65.7 cm³/mol. The minimum absolute atomic E-state index is 0.0602. The molecular formula is C12H18N4O. The van der Waals surface area contributed by atoms with Gasteiger partial charge in [0.2, 0.25) is 5.91 Å². The minimum Gasteiger partial charge on any atom is -0.352 e. The standard InChI is InChI=1S/C12H18N4O/c1-16(11-8-13-6-7-14-11)9-12(17)15-10-4-2-3-5-10/h6-8,10H,2-5,9H2,1H3,(H,15,17). The molecule has 5 nitrogen and oxygen atoms in total. The zero-order valence-corrected chi connectivity index (χ0v) is 10.1. The van der Waals surface area contributed by atoms with Crippen molar-refractivity contribution in [2.45, 2.75) is 31.7 Å². The zero-order chi connectivity index (χ0) is 12.1. The smallest absolute Gasteiger partial charge is 0.239 e. The van der Waals surface area contributed by atoms with Gasteiger partial charge in [0.05, 0.1) is 12.7 Å². The molecule has 1 heterocycles. The van der Waals surface area contributed by atoms with E-state index in [2.05, 4.69) is 15.3 Å². The Balaban J connectivity index is 1.81. The number of nitrogens with zero attached hydrogens (tertiary/aromatic N) is 3. The fourth-order valence-corrected chi connectivity index (χ4v) is 2.13. The maximum atomic E-state index is 11.8. The van der Waals surface area contributed by atoms with Gasteiger partial charge in [-0.25, -0.2) is 4.98 Å². The zero-order valence-electron chi connectivity index (χ0n) is 10.1. The van der Waals surface area contributed by atoms with Gasteiger partial charge >= 0.3 is 0 Å². The van der Waals surface area contributed by atoms with Crippen LogP contribution in [0.2, 0.25) is 0 Å². The molecule has 0 unspecified atom stereocenters. The first kappa shape index (κ1) is 11.8. The maximum Gasteiger partial charge on any atom is 0.239 e. The van der Waals surface area contributed by atoms with Crippen LogP contribution in [0.5, 0.6) is 0 Å². The summed E-state index contributed by atoms with van der Waals surface area (Å²) in [7, 11) is 1.85. The summed E-state index contributed by atoms with van der Waals surface area (Å²) in [6.45, 7) is 0.329. The first-order chi connectivity index (χ1) is 8.25. The van der Waals surface area contributed by atoms with Gasteiger partial charge in [-0.3, -0.25) is 9.78 Å². The molecule has 1 saturated carbocycles. The predicted octanol–water partition coefficient (Wildman–Crippen LogP) is 0.972. The van der Waals surface area contributed by atoms with Gasteiger partial charge in [-0.2, -0.15) is 0 Å². The van der Waals surface area contributed by atoms with Gasteiger partial charge in [-0.15, -0.1) is 0 Å². The summed E-state index contributed by atoms with van der Waals surface area (Å²) in [5.41, 5.74) is 0. The van der Waals surface area contributed by atoms with E-state index in [9.17, 15) is 4.79 Å².